The van der Waals surface area contributed by atoms with Gasteiger partial charge in [-0.2, -0.15) is 0 Å². The Balaban J connectivity index is 1.45. The summed E-state index contributed by atoms with van der Waals surface area (Å²) >= 11 is 0. The van der Waals surface area contributed by atoms with Crippen molar-refractivity contribution in [2.75, 3.05) is 18.4 Å². The van der Waals surface area contributed by atoms with Crippen LogP contribution in [0.5, 0.6) is 11.5 Å². The van der Waals surface area contributed by atoms with E-state index in [0.717, 1.165) is 47.7 Å². The fraction of sp³-hybridized carbons (Fsp3) is 0.194. The zero-order valence-electron chi connectivity index (χ0n) is 20.5. The molecule has 0 unspecified atom stereocenters. The smallest absolute Gasteiger partial charge is 0.342 e. The van der Waals surface area contributed by atoms with Gasteiger partial charge in [0, 0.05) is 28.9 Å². The number of hydrogen-bond acceptors (Lipinski definition) is 5. The second kappa shape index (κ2) is 8.85. The minimum Gasteiger partial charge on any atom is -0.456 e. The van der Waals surface area contributed by atoms with Gasteiger partial charge in [0.1, 0.15) is 11.5 Å². The summed E-state index contributed by atoms with van der Waals surface area (Å²) < 4.78 is 12.5. The minimum absolute atomic E-state index is 0.348. The Bertz CT molecular complexity index is 1410. The maximum Gasteiger partial charge on any atom is 0.342 e. The third-order valence-corrected chi connectivity index (χ3v) is 7.15. The van der Waals surface area contributed by atoms with E-state index in [9.17, 15) is 4.79 Å². The number of nitrogens with one attached hydrogen (secondary N) is 1. The third-order valence-electron chi connectivity index (χ3n) is 7.15. The van der Waals surface area contributed by atoms with E-state index in [4.69, 9.17) is 9.47 Å². The van der Waals surface area contributed by atoms with Crippen molar-refractivity contribution >= 4 is 17.3 Å². The molecular formula is C31H28N2O3. The SMILES string of the molecule is CCN(CC)Cc1cccc(Nc2cccc3c2C(=O)OC32c3ccccc3Oc3ccccc32)c1. The normalized spacial score (nSPS) is 14.6. The summed E-state index contributed by atoms with van der Waals surface area (Å²) in [4.78, 5) is 15.9. The van der Waals surface area contributed by atoms with E-state index in [1.807, 2.05) is 72.8 Å². The van der Waals surface area contributed by atoms with E-state index in [0.29, 0.717) is 17.1 Å². The van der Waals surface area contributed by atoms with Crippen LogP contribution < -0.4 is 10.1 Å². The first-order valence-electron chi connectivity index (χ1n) is 12.5. The van der Waals surface area contributed by atoms with Crippen LogP contribution in [0.15, 0.2) is 91.0 Å². The summed E-state index contributed by atoms with van der Waals surface area (Å²) in [5.74, 6) is 1.04. The third kappa shape index (κ3) is 3.47. The van der Waals surface area contributed by atoms with Crippen LogP contribution in [-0.2, 0) is 16.9 Å². The Morgan fingerprint density at radius 1 is 0.778 bits per heavy atom. The Labute approximate surface area is 211 Å². The molecule has 0 saturated carbocycles. The van der Waals surface area contributed by atoms with E-state index in [2.05, 4.69) is 42.3 Å². The van der Waals surface area contributed by atoms with Crippen LogP contribution in [0.25, 0.3) is 0 Å². The summed E-state index contributed by atoms with van der Waals surface area (Å²) in [5, 5.41) is 3.50. The van der Waals surface area contributed by atoms with E-state index in [1.165, 1.54) is 5.56 Å². The number of esters is 1. The number of ether oxygens (including phenoxy) is 2. The van der Waals surface area contributed by atoms with Gasteiger partial charge < -0.3 is 14.8 Å². The molecule has 0 atom stereocenters. The molecule has 0 radical (unpaired) electrons. The molecule has 1 N–H and O–H groups in total. The van der Waals surface area contributed by atoms with Crippen molar-refractivity contribution in [3.63, 3.8) is 0 Å². The highest BCUT2D eigenvalue weighted by Gasteiger charge is 2.54. The highest BCUT2D eigenvalue weighted by atomic mass is 16.6. The van der Waals surface area contributed by atoms with Crippen LogP contribution in [-0.4, -0.2) is 24.0 Å². The van der Waals surface area contributed by atoms with E-state index < -0.39 is 5.60 Å². The average molecular weight is 477 g/mol. The van der Waals surface area contributed by atoms with Gasteiger partial charge in [-0.05, 0) is 49.0 Å². The summed E-state index contributed by atoms with van der Waals surface area (Å²) in [6.07, 6.45) is 0. The Kier molecular flexibility index (Phi) is 5.50. The van der Waals surface area contributed by atoms with Gasteiger partial charge in [0.2, 0.25) is 0 Å². The molecule has 2 aliphatic heterocycles. The van der Waals surface area contributed by atoms with Crippen LogP contribution in [0.2, 0.25) is 0 Å². The molecule has 36 heavy (non-hydrogen) atoms. The fourth-order valence-electron chi connectivity index (χ4n) is 5.38. The van der Waals surface area contributed by atoms with Gasteiger partial charge in [0.05, 0.1) is 11.3 Å². The lowest BCUT2D eigenvalue weighted by Gasteiger charge is -2.36. The second-order valence-corrected chi connectivity index (χ2v) is 9.18. The molecule has 0 fully saturated rings. The van der Waals surface area contributed by atoms with Crippen molar-refractivity contribution in [1.82, 2.24) is 4.90 Å². The number of rotatable bonds is 6. The molecule has 4 aromatic rings. The Hall–Kier alpha value is -4.09. The summed E-state index contributed by atoms with van der Waals surface area (Å²) in [6, 6.07) is 29.8. The highest BCUT2D eigenvalue weighted by Crippen LogP contribution is 2.56. The number of nitrogens with zero attached hydrogens (tertiary/aromatic N) is 1. The molecule has 0 bridgehead atoms. The van der Waals surface area contributed by atoms with Crippen LogP contribution in [0.3, 0.4) is 0 Å². The first kappa shape index (κ1) is 22.4. The van der Waals surface area contributed by atoms with E-state index in [1.54, 1.807) is 0 Å². The molecule has 2 aliphatic rings. The molecule has 0 aliphatic carbocycles. The molecule has 180 valence electrons. The predicted octanol–water partition coefficient (Wildman–Crippen LogP) is 6.84. The van der Waals surface area contributed by atoms with Crippen molar-refractivity contribution in [2.24, 2.45) is 0 Å². The highest BCUT2D eigenvalue weighted by molar-refractivity contribution is 6.03. The van der Waals surface area contributed by atoms with Gasteiger partial charge in [-0.15, -0.1) is 0 Å². The van der Waals surface area contributed by atoms with Crippen molar-refractivity contribution in [1.29, 1.82) is 0 Å². The summed E-state index contributed by atoms with van der Waals surface area (Å²) in [6.45, 7) is 7.23. The second-order valence-electron chi connectivity index (χ2n) is 9.18. The minimum atomic E-state index is -1.06. The number of carbonyl (C=O) groups excluding carboxylic acids is 1. The predicted molar refractivity (Wildman–Crippen MR) is 141 cm³/mol. The largest absolute Gasteiger partial charge is 0.456 e. The van der Waals surface area contributed by atoms with Gasteiger partial charge in [-0.3, -0.25) is 4.90 Å². The molecule has 5 heteroatoms. The molecule has 0 aromatic heterocycles. The van der Waals surface area contributed by atoms with Crippen molar-refractivity contribution in [3.8, 4) is 11.5 Å². The number of para-hydroxylation sites is 2. The molecule has 0 amide bonds. The number of anilines is 2. The van der Waals surface area contributed by atoms with Crippen molar-refractivity contribution in [3.05, 3.63) is 119 Å². The zero-order chi connectivity index (χ0) is 24.7. The lowest BCUT2D eigenvalue weighted by Crippen LogP contribution is -2.32. The van der Waals surface area contributed by atoms with Crippen LogP contribution in [0.4, 0.5) is 11.4 Å². The Morgan fingerprint density at radius 3 is 2.11 bits per heavy atom. The van der Waals surface area contributed by atoms with Crippen LogP contribution in [0.1, 0.15) is 46.5 Å². The number of fused-ring (bicyclic) bond motifs is 6. The standard InChI is InChI=1S/C31H28N2O3/c1-3-33(4-2)20-21-11-9-12-22(19-21)32-26-16-10-15-25-29(26)30(34)36-31(25)23-13-5-7-17-27(23)35-28-18-8-6-14-24(28)31/h5-19,32H,3-4,20H2,1-2H3. The summed E-state index contributed by atoms with van der Waals surface area (Å²) in [7, 11) is 0. The average Bonchev–Trinajstić information content (AvgIpc) is 3.21. The zero-order valence-corrected chi connectivity index (χ0v) is 20.5. The molecule has 1 spiro atoms. The number of hydrogen-bond donors (Lipinski definition) is 1. The van der Waals surface area contributed by atoms with Gasteiger partial charge in [-0.1, -0.05) is 74.5 Å². The van der Waals surface area contributed by atoms with E-state index in [-0.39, 0.29) is 5.97 Å². The maximum absolute atomic E-state index is 13.5. The lowest BCUT2D eigenvalue weighted by atomic mass is 9.77. The molecule has 4 aromatic carbocycles. The first-order valence-corrected chi connectivity index (χ1v) is 12.5. The van der Waals surface area contributed by atoms with Gasteiger partial charge in [0.15, 0.2) is 5.60 Å². The maximum atomic E-state index is 13.5. The molecule has 5 nitrogen and oxygen atoms in total. The van der Waals surface area contributed by atoms with Crippen LogP contribution in [0, 0.1) is 0 Å². The van der Waals surface area contributed by atoms with Crippen molar-refractivity contribution < 1.29 is 14.3 Å². The molecule has 2 heterocycles. The van der Waals surface area contributed by atoms with Crippen LogP contribution >= 0.6 is 0 Å². The molecule has 6 rings (SSSR count). The summed E-state index contributed by atoms with van der Waals surface area (Å²) in [5.41, 5.74) is 4.87. The number of benzene rings is 4. The molecular weight excluding hydrogens is 448 g/mol. The number of carbonyl (C=O) groups is 1. The van der Waals surface area contributed by atoms with E-state index >= 15 is 0 Å². The topological polar surface area (TPSA) is 50.8 Å². The molecule has 0 saturated heterocycles. The van der Waals surface area contributed by atoms with Gasteiger partial charge in [0.25, 0.3) is 0 Å². The van der Waals surface area contributed by atoms with Crippen molar-refractivity contribution in [2.45, 2.75) is 26.0 Å². The van der Waals surface area contributed by atoms with Gasteiger partial charge in [-0.25, -0.2) is 4.79 Å². The van der Waals surface area contributed by atoms with Gasteiger partial charge >= 0.3 is 5.97 Å². The first-order chi connectivity index (χ1) is 17.6. The fourth-order valence-corrected chi connectivity index (χ4v) is 5.38. The lowest BCUT2D eigenvalue weighted by molar-refractivity contribution is 0.0225. The quantitative estimate of drug-likeness (QED) is 0.309. The monoisotopic (exact) mass is 476 g/mol. The Morgan fingerprint density at radius 2 is 1.42 bits per heavy atom.